The van der Waals surface area contributed by atoms with Gasteiger partial charge >= 0.3 is 5.97 Å². The second-order valence-electron chi connectivity index (χ2n) is 6.72. The van der Waals surface area contributed by atoms with E-state index < -0.39 is 5.97 Å². The van der Waals surface area contributed by atoms with E-state index in [0.29, 0.717) is 17.2 Å². The highest BCUT2D eigenvalue weighted by atomic mass is 16.6. The second-order valence-corrected chi connectivity index (χ2v) is 6.72. The lowest BCUT2D eigenvalue weighted by Gasteiger charge is -2.22. The Morgan fingerprint density at radius 1 is 1.00 bits per heavy atom. The lowest BCUT2D eigenvalue weighted by atomic mass is 9.84. The molecule has 0 heterocycles. The zero-order valence-corrected chi connectivity index (χ0v) is 17.5. The predicted octanol–water partition coefficient (Wildman–Crippen LogP) is 3.69. The molecule has 0 atom stereocenters. The molecule has 1 saturated carbocycles. The number of benzene rings is 1. The zero-order chi connectivity index (χ0) is 21.1. The monoisotopic (exact) mass is 403 g/mol. The molecule has 1 fully saturated rings. The van der Waals surface area contributed by atoms with Crippen molar-refractivity contribution in [1.82, 2.24) is 0 Å². The van der Waals surface area contributed by atoms with Gasteiger partial charge in [0.25, 0.3) is 0 Å². The van der Waals surface area contributed by atoms with E-state index in [1.54, 1.807) is 12.1 Å². The summed E-state index contributed by atoms with van der Waals surface area (Å²) in [6, 6.07) is 7.23. The van der Waals surface area contributed by atoms with Crippen LogP contribution in [0.4, 0.5) is 0 Å². The smallest absolute Gasteiger partial charge is 0.360 e. The van der Waals surface area contributed by atoms with E-state index in [1.807, 2.05) is 19.1 Å². The van der Waals surface area contributed by atoms with Crippen LogP contribution in [0, 0.1) is 5.92 Å². The highest BCUT2D eigenvalue weighted by Crippen LogP contribution is 2.25. The minimum Gasteiger partial charge on any atom is -0.464 e. The molecule has 1 aliphatic rings. The van der Waals surface area contributed by atoms with Crippen LogP contribution in [-0.4, -0.2) is 44.4 Å². The van der Waals surface area contributed by atoms with Crippen molar-refractivity contribution in [2.24, 2.45) is 21.4 Å². The van der Waals surface area contributed by atoms with Crippen molar-refractivity contribution in [3.8, 4) is 0 Å². The van der Waals surface area contributed by atoms with Crippen molar-refractivity contribution in [1.29, 1.82) is 0 Å². The Hall–Kier alpha value is -2.90. The lowest BCUT2D eigenvalue weighted by Crippen LogP contribution is -2.25. The standard InChI is InChI=1S/C21H29N3O5/c1-15(19(23-27-3)16-10-6-5-7-11-16)22-29-14-17-12-8-9-13-18(17)20(24-28-4)21(25)26-2/h8-9,12-13,16H,5-7,10-11,14H2,1-4H3/b22-15-,23-19+,24-20-. The molecule has 29 heavy (non-hydrogen) atoms. The molecule has 8 nitrogen and oxygen atoms in total. The second kappa shape index (κ2) is 11.8. The van der Waals surface area contributed by atoms with Gasteiger partial charge in [-0.25, -0.2) is 4.79 Å². The molecular weight excluding hydrogens is 374 g/mol. The molecule has 8 heteroatoms. The van der Waals surface area contributed by atoms with Crippen LogP contribution in [0.1, 0.15) is 50.2 Å². The average molecular weight is 403 g/mol. The van der Waals surface area contributed by atoms with Crippen molar-refractivity contribution >= 4 is 23.1 Å². The van der Waals surface area contributed by atoms with Crippen LogP contribution in [-0.2, 0) is 30.7 Å². The van der Waals surface area contributed by atoms with Gasteiger partial charge in [0.1, 0.15) is 32.2 Å². The summed E-state index contributed by atoms with van der Waals surface area (Å²) in [5.41, 5.74) is 2.88. The first-order valence-corrected chi connectivity index (χ1v) is 9.68. The number of carbonyl (C=O) groups is 1. The minimum absolute atomic E-state index is 0.0683. The fourth-order valence-corrected chi connectivity index (χ4v) is 3.42. The van der Waals surface area contributed by atoms with Crippen LogP contribution < -0.4 is 0 Å². The van der Waals surface area contributed by atoms with Gasteiger partial charge in [0, 0.05) is 17.0 Å². The third-order valence-electron chi connectivity index (χ3n) is 4.81. The maximum atomic E-state index is 12.0. The van der Waals surface area contributed by atoms with Crippen LogP contribution in [0.3, 0.4) is 0 Å². The molecule has 0 bridgehead atoms. The molecule has 0 spiro atoms. The Bertz CT molecular complexity index is 767. The van der Waals surface area contributed by atoms with Crippen molar-refractivity contribution in [3.63, 3.8) is 0 Å². The SMILES string of the molecule is CO/N=C(\C(=O)OC)c1ccccc1CO/N=C(C)\C(=N/OC)C1CCCCC1. The van der Waals surface area contributed by atoms with Gasteiger partial charge in [0.15, 0.2) is 5.71 Å². The summed E-state index contributed by atoms with van der Waals surface area (Å²) in [7, 11) is 4.20. The Morgan fingerprint density at radius 3 is 2.34 bits per heavy atom. The van der Waals surface area contributed by atoms with Crippen molar-refractivity contribution < 1.29 is 24.0 Å². The largest absolute Gasteiger partial charge is 0.464 e. The Kier molecular flexibility index (Phi) is 9.14. The van der Waals surface area contributed by atoms with Crippen molar-refractivity contribution in [3.05, 3.63) is 35.4 Å². The quantitative estimate of drug-likeness (QED) is 0.356. The third kappa shape index (κ3) is 6.30. The molecule has 0 saturated heterocycles. The predicted molar refractivity (Wildman–Crippen MR) is 111 cm³/mol. The molecule has 0 amide bonds. The Balaban J connectivity index is 2.15. The van der Waals surface area contributed by atoms with Crippen LogP contribution in [0.5, 0.6) is 0 Å². The van der Waals surface area contributed by atoms with Crippen LogP contribution in [0.25, 0.3) is 0 Å². The summed E-state index contributed by atoms with van der Waals surface area (Å²) < 4.78 is 4.79. The molecular formula is C21H29N3O5. The van der Waals surface area contributed by atoms with E-state index in [9.17, 15) is 4.79 Å². The van der Waals surface area contributed by atoms with Crippen LogP contribution >= 0.6 is 0 Å². The number of hydrogen-bond donors (Lipinski definition) is 0. The van der Waals surface area contributed by atoms with Crippen molar-refractivity contribution in [2.45, 2.75) is 45.6 Å². The Morgan fingerprint density at radius 2 is 1.69 bits per heavy atom. The van der Waals surface area contributed by atoms with Gasteiger partial charge in [0.2, 0.25) is 0 Å². The number of ether oxygens (including phenoxy) is 1. The van der Waals surface area contributed by atoms with E-state index in [-0.39, 0.29) is 12.3 Å². The van der Waals surface area contributed by atoms with E-state index in [1.165, 1.54) is 40.6 Å². The van der Waals surface area contributed by atoms with E-state index >= 15 is 0 Å². The summed E-state index contributed by atoms with van der Waals surface area (Å²) in [6.45, 7) is 2.02. The normalized spacial score (nSPS) is 16.3. The number of esters is 1. The van der Waals surface area contributed by atoms with Gasteiger partial charge in [0.05, 0.1) is 7.11 Å². The molecule has 0 N–H and O–H groups in total. The van der Waals surface area contributed by atoms with Crippen molar-refractivity contribution in [2.75, 3.05) is 21.3 Å². The van der Waals surface area contributed by atoms with Gasteiger partial charge in [-0.2, -0.15) is 0 Å². The average Bonchev–Trinajstić information content (AvgIpc) is 2.76. The maximum Gasteiger partial charge on any atom is 0.360 e. The van der Waals surface area contributed by atoms with E-state index in [2.05, 4.69) is 15.5 Å². The molecule has 1 aliphatic carbocycles. The number of rotatable bonds is 9. The number of carbonyl (C=O) groups excluding carboxylic acids is 1. The molecule has 0 aliphatic heterocycles. The maximum absolute atomic E-state index is 12.0. The first kappa shape index (κ1) is 22.4. The molecule has 1 aromatic carbocycles. The van der Waals surface area contributed by atoms with Gasteiger partial charge in [-0.3, -0.25) is 0 Å². The minimum atomic E-state index is -0.592. The van der Waals surface area contributed by atoms with E-state index in [4.69, 9.17) is 19.2 Å². The molecule has 0 radical (unpaired) electrons. The van der Waals surface area contributed by atoms with Crippen LogP contribution in [0.15, 0.2) is 39.7 Å². The zero-order valence-electron chi connectivity index (χ0n) is 17.5. The van der Waals surface area contributed by atoms with Gasteiger partial charge < -0.3 is 19.2 Å². The summed E-state index contributed by atoms with van der Waals surface area (Å²) in [5, 5.41) is 12.2. The lowest BCUT2D eigenvalue weighted by molar-refractivity contribution is -0.132. The fraction of sp³-hybridized carbons (Fsp3) is 0.524. The highest BCUT2D eigenvalue weighted by molar-refractivity contribution is 6.43. The topological polar surface area (TPSA) is 91.1 Å². The molecule has 0 unspecified atom stereocenters. The number of hydrogen-bond acceptors (Lipinski definition) is 8. The molecule has 0 aromatic heterocycles. The highest BCUT2D eigenvalue weighted by Gasteiger charge is 2.23. The third-order valence-corrected chi connectivity index (χ3v) is 4.81. The number of methoxy groups -OCH3 is 1. The fourth-order valence-electron chi connectivity index (χ4n) is 3.42. The van der Waals surface area contributed by atoms with Gasteiger partial charge in [-0.15, -0.1) is 0 Å². The summed E-state index contributed by atoms with van der Waals surface area (Å²) in [5.74, 6) is -0.256. The van der Waals surface area contributed by atoms with Gasteiger partial charge in [-0.05, 0) is 19.8 Å². The first-order valence-electron chi connectivity index (χ1n) is 9.68. The number of nitrogens with zero attached hydrogens (tertiary/aromatic N) is 3. The van der Waals surface area contributed by atoms with Gasteiger partial charge in [-0.1, -0.05) is 59.0 Å². The van der Waals surface area contributed by atoms with Crippen LogP contribution in [0.2, 0.25) is 0 Å². The summed E-state index contributed by atoms with van der Waals surface area (Å²) in [4.78, 5) is 27.5. The van der Waals surface area contributed by atoms with E-state index in [0.717, 1.165) is 24.1 Å². The first-order chi connectivity index (χ1) is 14.1. The molecule has 2 rings (SSSR count). The summed E-state index contributed by atoms with van der Waals surface area (Å²) in [6.07, 6.45) is 5.78. The summed E-state index contributed by atoms with van der Waals surface area (Å²) >= 11 is 0. The molecule has 158 valence electrons. The Labute approximate surface area is 171 Å². The molecule has 1 aromatic rings. The number of oxime groups is 3.